The number of hydrogen-bond acceptors (Lipinski definition) is 20. The SMILES string of the molecule is CCC(C)(C)C(=O)OCCC(=O)OCC1(F)C(F)(F)C(F)(F)C(F)(F)C(F)(F)C1(F)F.CCC(C)C(=O)OCCC(=O)OCC1(F)C(F)(F)C(F)(F)C(F)(F)C(F)(F)C1(F)F.CCOC(=O)COC(=O)COC(=O)C(C)(C)CC.CCOC(=O)COC(=O)COC(=O)C(C)CC. The molecule has 20 nitrogen and oxygen atoms in total. The van der Waals surface area contributed by atoms with E-state index in [4.69, 9.17) is 4.74 Å². The zero-order chi connectivity index (χ0) is 76.3. The van der Waals surface area contributed by atoms with Crippen LogP contribution < -0.4 is 0 Å². The topological polar surface area (TPSA) is 263 Å². The maximum atomic E-state index is 14.3. The van der Waals surface area contributed by atoms with Gasteiger partial charge in [-0.15, -0.1) is 0 Å². The summed E-state index contributed by atoms with van der Waals surface area (Å²) in [6.07, 6.45) is -0.358. The van der Waals surface area contributed by atoms with E-state index in [1.807, 2.05) is 13.8 Å². The molecule has 2 aliphatic carbocycles. The molecule has 42 heteroatoms. The van der Waals surface area contributed by atoms with Crippen LogP contribution in [0.4, 0.5) is 96.6 Å². The van der Waals surface area contributed by atoms with E-state index in [0.29, 0.717) is 19.3 Å². The molecule has 0 aromatic heterocycles. The van der Waals surface area contributed by atoms with Gasteiger partial charge in [-0.3, -0.25) is 28.8 Å². The number of ether oxygens (including phenoxy) is 10. The Labute approximate surface area is 531 Å². The summed E-state index contributed by atoms with van der Waals surface area (Å²) >= 11 is 0. The second kappa shape index (κ2) is 34.6. The fourth-order valence-corrected chi connectivity index (χ4v) is 6.22. The first kappa shape index (κ1) is 91.2. The van der Waals surface area contributed by atoms with Crippen LogP contribution in [-0.4, -0.2) is 196 Å². The monoisotopic (exact) mass is 1460 g/mol. The third-order valence-electron chi connectivity index (χ3n) is 14.0. The van der Waals surface area contributed by atoms with Crippen LogP contribution in [0, 0.1) is 22.7 Å². The summed E-state index contributed by atoms with van der Waals surface area (Å²) in [4.78, 5) is 112. The molecule has 0 N–H and O–H groups in total. The number of rotatable bonds is 28. The Bertz CT molecular complexity index is 2610. The predicted molar refractivity (Wildman–Crippen MR) is 274 cm³/mol. The van der Waals surface area contributed by atoms with Gasteiger partial charge in [0.25, 0.3) is 11.3 Å². The van der Waals surface area contributed by atoms with Gasteiger partial charge in [-0.25, -0.2) is 28.0 Å². The second-order valence-electron chi connectivity index (χ2n) is 21.7. The molecule has 2 unspecified atom stereocenters. The molecule has 0 saturated heterocycles. The van der Waals surface area contributed by atoms with Crippen molar-refractivity contribution in [3.05, 3.63) is 0 Å². The molecule has 0 bridgehead atoms. The van der Waals surface area contributed by atoms with Crippen molar-refractivity contribution in [3.63, 3.8) is 0 Å². The van der Waals surface area contributed by atoms with E-state index in [1.165, 1.54) is 20.8 Å². The molecule has 2 rings (SSSR count). The highest BCUT2D eigenvalue weighted by molar-refractivity contribution is 5.82. The third kappa shape index (κ3) is 19.7. The van der Waals surface area contributed by atoms with Crippen LogP contribution in [0.1, 0.15) is 122 Å². The molecule has 2 atom stereocenters. The number of hydrogen-bond donors (Lipinski definition) is 0. The van der Waals surface area contributed by atoms with Crippen molar-refractivity contribution in [2.45, 2.75) is 192 Å². The number of alkyl halides is 22. The minimum Gasteiger partial charge on any atom is -0.465 e. The number of carbonyl (C=O) groups is 10. The normalized spacial score (nSPS) is 20.1. The first-order chi connectivity index (χ1) is 43.2. The Morgan fingerprint density at radius 1 is 0.302 bits per heavy atom. The Balaban J connectivity index is 0. The van der Waals surface area contributed by atoms with Crippen LogP contribution in [0.2, 0.25) is 0 Å². The predicted octanol–water partition coefficient (Wildman–Crippen LogP) is 11.0. The van der Waals surface area contributed by atoms with Crippen LogP contribution in [0.25, 0.3) is 0 Å². The highest BCUT2D eigenvalue weighted by Crippen LogP contribution is 2.71. The van der Waals surface area contributed by atoms with Crippen molar-refractivity contribution in [2.24, 2.45) is 22.7 Å². The van der Waals surface area contributed by atoms with Gasteiger partial charge in [0, 0.05) is 0 Å². The molecule has 0 aromatic rings. The number of halogens is 22. The minimum absolute atomic E-state index is 0.218. The van der Waals surface area contributed by atoms with Gasteiger partial charge in [0.05, 0.1) is 48.7 Å². The second-order valence-corrected chi connectivity index (χ2v) is 21.7. The molecule has 2 aliphatic rings. The molecule has 560 valence electrons. The summed E-state index contributed by atoms with van der Waals surface area (Å²) in [5, 5.41) is 0. The van der Waals surface area contributed by atoms with Gasteiger partial charge in [0.2, 0.25) is 0 Å². The zero-order valence-electron chi connectivity index (χ0n) is 52.9. The van der Waals surface area contributed by atoms with Gasteiger partial charge in [-0.2, -0.15) is 87.8 Å². The lowest BCUT2D eigenvalue weighted by molar-refractivity contribution is -0.487. The fourth-order valence-electron chi connectivity index (χ4n) is 6.22. The summed E-state index contributed by atoms with van der Waals surface area (Å²) in [6, 6.07) is 0. The lowest BCUT2D eigenvalue weighted by Gasteiger charge is -2.52. The van der Waals surface area contributed by atoms with Crippen LogP contribution in [0.3, 0.4) is 0 Å². The summed E-state index contributed by atoms with van der Waals surface area (Å²) < 4.78 is 340. The summed E-state index contributed by atoms with van der Waals surface area (Å²) in [6.45, 7) is 10.2. The van der Waals surface area contributed by atoms with Crippen molar-refractivity contribution in [2.75, 3.05) is 66.1 Å². The molecule has 0 aromatic carbocycles. The van der Waals surface area contributed by atoms with Crippen molar-refractivity contribution >= 4 is 59.7 Å². The van der Waals surface area contributed by atoms with Crippen molar-refractivity contribution in [3.8, 4) is 0 Å². The molecule has 0 amide bonds. The van der Waals surface area contributed by atoms with Gasteiger partial charge in [0.1, 0.15) is 26.4 Å². The zero-order valence-corrected chi connectivity index (χ0v) is 52.9. The van der Waals surface area contributed by atoms with E-state index in [9.17, 15) is 145 Å². The van der Waals surface area contributed by atoms with Crippen molar-refractivity contribution in [1.82, 2.24) is 0 Å². The van der Waals surface area contributed by atoms with Gasteiger partial charge in [-0.1, -0.05) is 41.5 Å². The fraction of sp³-hybridized carbons (Fsp3) is 0.815. The number of esters is 10. The Hall–Kier alpha value is -6.84. The number of carbonyl (C=O) groups excluding carboxylic acids is 10. The van der Waals surface area contributed by atoms with Gasteiger partial charge in [-0.05, 0) is 67.2 Å². The molecule has 0 spiro atoms. The van der Waals surface area contributed by atoms with Gasteiger partial charge < -0.3 is 47.4 Å². The smallest absolute Gasteiger partial charge is 0.384 e. The standard InChI is InChI=1S/C16H17F11O4.C15H15F11O4.C12H20O6.C11H18O6/c1-4-10(2,3)9(29)30-6-5-8(28)31-7-11(17)12(18,19)14(22,23)16(26,27)15(24,25)13(11,20)21;1-3-7(2)9(28)29-5-4-8(27)30-6-10(16)11(17,18)13(21,22)15(25,26)14(23,24)12(10,19)20;1-5-12(3,4)11(15)18-8-10(14)17-7-9(13)16-6-2;1-4-8(3)11(14)17-7-10(13)16-6-9(12)15-5-2/h4-7H2,1-3H3;7H,3-6H2,1-2H3;5-8H2,1-4H3;8H,4-7H2,1-3H3. The van der Waals surface area contributed by atoms with E-state index in [2.05, 4.69) is 42.6 Å². The molecular weight excluding hydrogens is 1390 g/mol. The Morgan fingerprint density at radius 2 is 0.542 bits per heavy atom. The van der Waals surface area contributed by atoms with E-state index in [0.717, 1.165) is 0 Å². The van der Waals surface area contributed by atoms with E-state index in [-0.39, 0.29) is 25.6 Å². The average molecular weight is 1460 g/mol. The lowest BCUT2D eigenvalue weighted by atomic mass is 9.72. The maximum Gasteiger partial charge on any atom is 0.384 e. The Kier molecular flexibility index (Phi) is 32.9. The van der Waals surface area contributed by atoms with Crippen molar-refractivity contribution in [1.29, 1.82) is 0 Å². The minimum atomic E-state index is -7.34. The first-order valence-electron chi connectivity index (χ1n) is 28.0. The van der Waals surface area contributed by atoms with Crippen LogP contribution >= 0.6 is 0 Å². The van der Waals surface area contributed by atoms with E-state index < -0.39 is 213 Å². The first-order valence-corrected chi connectivity index (χ1v) is 28.0. The largest absolute Gasteiger partial charge is 0.465 e. The molecule has 2 saturated carbocycles. The molecule has 96 heavy (non-hydrogen) atoms. The molecule has 0 radical (unpaired) electrons. The maximum absolute atomic E-state index is 14.3. The highest BCUT2D eigenvalue weighted by Gasteiger charge is 3.02. The Morgan fingerprint density at radius 3 is 0.823 bits per heavy atom. The average Bonchev–Trinajstić information content (AvgIpc) is 0.675. The van der Waals surface area contributed by atoms with Gasteiger partial charge >= 0.3 is 119 Å². The highest BCUT2D eigenvalue weighted by atomic mass is 19.4. The van der Waals surface area contributed by atoms with Crippen LogP contribution in [-0.2, 0) is 95.3 Å². The molecular formula is C54H70F22O20. The van der Waals surface area contributed by atoms with E-state index >= 15 is 0 Å². The lowest BCUT2D eigenvalue weighted by Crippen LogP contribution is -2.84. The summed E-state index contributed by atoms with van der Waals surface area (Å²) in [7, 11) is 0. The van der Waals surface area contributed by atoms with E-state index in [1.54, 1.807) is 48.5 Å². The molecule has 2 fully saturated rings. The summed E-state index contributed by atoms with van der Waals surface area (Å²) in [5.74, 6) is -82.2. The third-order valence-corrected chi connectivity index (χ3v) is 14.0. The van der Waals surface area contributed by atoms with Gasteiger partial charge in [0.15, 0.2) is 26.4 Å². The van der Waals surface area contributed by atoms with Crippen molar-refractivity contribution < 1.29 is 192 Å². The van der Waals surface area contributed by atoms with Crippen LogP contribution in [0.15, 0.2) is 0 Å². The quantitative estimate of drug-likeness (QED) is 0.0400. The summed E-state index contributed by atoms with van der Waals surface area (Å²) in [5.41, 5.74) is -14.5. The molecule has 0 heterocycles. The van der Waals surface area contributed by atoms with Crippen LogP contribution in [0.5, 0.6) is 0 Å². The molecule has 0 aliphatic heterocycles.